The zero-order valence-electron chi connectivity index (χ0n) is 10.4. The summed E-state index contributed by atoms with van der Waals surface area (Å²) in [5, 5.41) is 0. The number of hydrogen-bond acceptors (Lipinski definition) is 2. The van der Waals surface area contributed by atoms with Crippen molar-refractivity contribution in [3.8, 4) is 11.8 Å². The van der Waals surface area contributed by atoms with Gasteiger partial charge in [0.2, 0.25) is 0 Å². The van der Waals surface area contributed by atoms with Crippen LogP contribution in [0.1, 0.15) is 36.7 Å². The van der Waals surface area contributed by atoms with Gasteiger partial charge in [-0.2, -0.15) is 0 Å². The average Bonchev–Trinajstić information content (AvgIpc) is 2.24. The maximum absolute atomic E-state index is 13.5. The molecule has 1 rings (SSSR count). The molecular weight excluding hydrogens is 219 g/mol. The van der Waals surface area contributed by atoms with E-state index in [1.54, 1.807) is 6.07 Å². The Hall–Kier alpha value is -1.82. The summed E-state index contributed by atoms with van der Waals surface area (Å²) in [5.41, 5.74) is 0.330. The fourth-order valence-corrected chi connectivity index (χ4v) is 1.13. The van der Waals surface area contributed by atoms with Crippen molar-refractivity contribution in [3.63, 3.8) is 0 Å². The van der Waals surface area contributed by atoms with Crippen LogP contribution in [0, 0.1) is 23.1 Å². The molecule has 0 atom stereocenters. The summed E-state index contributed by atoms with van der Waals surface area (Å²) in [5.74, 6) is 4.57. The van der Waals surface area contributed by atoms with E-state index in [-0.39, 0.29) is 11.0 Å². The monoisotopic (exact) mass is 234 g/mol. The van der Waals surface area contributed by atoms with E-state index >= 15 is 0 Å². The molecule has 0 heterocycles. The van der Waals surface area contributed by atoms with Gasteiger partial charge in [0.25, 0.3) is 0 Å². The molecule has 3 heteroatoms. The summed E-state index contributed by atoms with van der Waals surface area (Å²) in [6.45, 7) is 5.91. The van der Waals surface area contributed by atoms with E-state index in [9.17, 15) is 9.18 Å². The molecule has 0 saturated heterocycles. The molecule has 17 heavy (non-hydrogen) atoms. The largest absolute Gasteiger partial charge is 0.465 e. The van der Waals surface area contributed by atoms with Crippen molar-refractivity contribution in [3.05, 3.63) is 35.1 Å². The standard InChI is InChI=1S/C14H15FO2/c1-14(2,3)8-7-10-5-6-11(12(15)9-10)13(16)17-4/h5-6,9H,1-4H3. The Morgan fingerprint density at radius 3 is 2.47 bits per heavy atom. The van der Waals surface area contributed by atoms with Gasteiger partial charge < -0.3 is 4.74 Å². The molecule has 0 amide bonds. The van der Waals surface area contributed by atoms with Gasteiger partial charge >= 0.3 is 5.97 Å². The van der Waals surface area contributed by atoms with Crippen LogP contribution in [-0.2, 0) is 4.74 Å². The van der Waals surface area contributed by atoms with E-state index in [1.807, 2.05) is 20.8 Å². The van der Waals surface area contributed by atoms with Gasteiger partial charge in [0.15, 0.2) is 0 Å². The Kier molecular flexibility index (Phi) is 3.90. The third kappa shape index (κ3) is 3.92. The maximum Gasteiger partial charge on any atom is 0.340 e. The number of methoxy groups -OCH3 is 1. The normalized spacial score (nSPS) is 10.4. The van der Waals surface area contributed by atoms with E-state index in [0.717, 1.165) is 0 Å². The van der Waals surface area contributed by atoms with E-state index in [4.69, 9.17) is 0 Å². The van der Waals surface area contributed by atoms with E-state index < -0.39 is 11.8 Å². The van der Waals surface area contributed by atoms with Gasteiger partial charge in [0.1, 0.15) is 5.82 Å². The van der Waals surface area contributed by atoms with Crippen molar-refractivity contribution in [2.75, 3.05) is 7.11 Å². The van der Waals surface area contributed by atoms with Crippen LogP contribution in [0.3, 0.4) is 0 Å². The van der Waals surface area contributed by atoms with Gasteiger partial charge in [0, 0.05) is 11.0 Å². The Labute approximate surface area is 101 Å². The molecule has 1 aromatic rings. The second-order valence-corrected chi connectivity index (χ2v) is 4.69. The Bertz CT molecular complexity index is 487. The number of halogens is 1. The van der Waals surface area contributed by atoms with Crippen LogP contribution in [-0.4, -0.2) is 13.1 Å². The minimum Gasteiger partial charge on any atom is -0.465 e. The highest BCUT2D eigenvalue weighted by Crippen LogP contribution is 2.13. The van der Waals surface area contributed by atoms with Gasteiger partial charge in [-0.05, 0) is 39.0 Å². The molecular formula is C14H15FO2. The van der Waals surface area contributed by atoms with Crippen molar-refractivity contribution in [1.29, 1.82) is 0 Å². The first-order valence-electron chi connectivity index (χ1n) is 5.24. The lowest BCUT2D eigenvalue weighted by Gasteiger charge is -2.07. The van der Waals surface area contributed by atoms with Crippen LogP contribution >= 0.6 is 0 Å². The summed E-state index contributed by atoms with van der Waals surface area (Å²) in [4.78, 5) is 11.2. The van der Waals surface area contributed by atoms with E-state index in [0.29, 0.717) is 5.56 Å². The summed E-state index contributed by atoms with van der Waals surface area (Å²) in [7, 11) is 1.22. The molecule has 0 saturated carbocycles. The number of rotatable bonds is 1. The first-order chi connectivity index (χ1) is 7.83. The Balaban J connectivity index is 3.04. The van der Waals surface area contributed by atoms with Crippen LogP contribution in [0.25, 0.3) is 0 Å². The predicted octanol–water partition coefficient (Wildman–Crippen LogP) is 3.01. The highest BCUT2D eigenvalue weighted by Gasteiger charge is 2.11. The van der Waals surface area contributed by atoms with Gasteiger partial charge in [-0.15, -0.1) is 0 Å². The third-order valence-corrected chi connectivity index (χ3v) is 1.96. The third-order valence-electron chi connectivity index (χ3n) is 1.96. The number of carbonyl (C=O) groups is 1. The molecule has 0 N–H and O–H groups in total. The summed E-state index contributed by atoms with van der Waals surface area (Å²) in [6.07, 6.45) is 0. The quantitative estimate of drug-likeness (QED) is 0.551. The SMILES string of the molecule is COC(=O)c1ccc(C#CC(C)(C)C)cc1F. The lowest BCUT2D eigenvalue weighted by molar-refractivity contribution is 0.0595. The molecule has 0 aliphatic heterocycles. The highest BCUT2D eigenvalue weighted by molar-refractivity contribution is 5.89. The van der Waals surface area contributed by atoms with Crippen LogP contribution < -0.4 is 0 Å². The molecule has 0 fully saturated rings. The van der Waals surface area contributed by atoms with Crippen LogP contribution in [0.4, 0.5) is 4.39 Å². The van der Waals surface area contributed by atoms with Crippen molar-refractivity contribution in [1.82, 2.24) is 0 Å². The minimum absolute atomic E-state index is 0.0752. The molecule has 0 unspecified atom stereocenters. The molecule has 0 aromatic heterocycles. The smallest absolute Gasteiger partial charge is 0.340 e. The maximum atomic E-state index is 13.5. The topological polar surface area (TPSA) is 26.3 Å². The van der Waals surface area contributed by atoms with Crippen molar-refractivity contribution < 1.29 is 13.9 Å². The fourth-order valence-electron chi connectivity index (χ4n) is 1.13. The van der Waals surface area contributed by atoms with Crippen LogP contribution in [0.15, 0.2) is 18.2 Å². The number of carbonyl (C=O) groups excluding carboxylic acids is 1. The summed E-state index contributed by atoms with van der Waals surface area (Å²) < 4.78 is 18.0. The van der Waals surface area contributed by atoms with Gasteiger partial charge in [-0.3, -0.25) is 0 Å². The number of benzene rings is 1. The molecule has 90 valence electrons. The van der Waals surface area contributed by atoms with Gasteiger partial charge in [-0.25, -0.2) is 9.18 Å². The van der Waals surface area contributed by atoms with Gasteiger partial charge in [0.05, 0.1) is 12.7 Å². The van der Waals surface area contributed by atoms with Crippen molar-refractivity contribution in [2.45, 2.75) is 20.8 Å². The average molecular weight is 234 g/mol. The zero-order valence-corrected chi connectivity index (χ0v) is 10.4. The Morgan fingerprint density at radius 2 is 2.00 bits per heavy atom. The molecule has 0 aliphatic carbocycles. The van der Waals surface area contributed by atoms with Crippen molar-refractivity contribution >= 4 is 5.97 Å². The minimum atomic E-state index is -0.683. The predicted molar refractivity (Wildman–Crippen MR) is 64.1 cm³/mol. The van der Waals surface area contributed by atoms with Crippen LogP contribution in [0.5, 0.6) is 0 Å². The zero-order chi connectivity index (χ0) is 13.1. The van der Waals surface area contributed by atoms with Gasteiger partial charge in [-0.1, -0.05) is 11.8 Å². The fraction of sp³-hybridized carbons (Fsp3) is 0.357. The molecule has 0 bridgehead atoms. The molecule has 0 aliphatic rings. The second-order valence-electron chi connectivity index (χ2n) is 4.69. The van der Waals surface area contributed by atoms with Crippen LogP contribution in [0.2, 0.25) is 0 Å². The number of esters is 1. The molecule has 2 nitrogen and oxygen atoms in total. The Morgan fingerprint density at radius 1 is 1.35 bits per heavy atom. The number of ether oxygens (including phenoxy) is 1. The highest BCUT2D eigenvalue weighted by atomic mass is 19.1. The van der Waals surface area contributed by atoms with E-state index in [2.05, 4.69) is 16.6 Å². The second kappa shape index (κ2) is 5.01. The lowest BCUT2D eigenvalue weighted by Crippen LogP contribution is -2.04. The molecule has 1 aromatic carbocycles. The lowest BCUT2D eigenvalue weighted by atomic mass is 9.97. The number of hydrogen-bond donors (Lipinski definition) is 0. The summed E-state index contributed by atoms with van der Waals surface area (Å²) in [6, 6.07) is 4.23. The molecule has 0 radical (unpaired) electrons. The van der Waals surface area contributed by atoms with Crippen molar-refractivity contribution in [2.24, 2.45) is 5.41 Å². The molecule has 0 spiro atoms. The first-order valence-corrected chi connectivity index (χ1v) is 5.24. The summed E-state index contributed by atoms with van der Waals surface area (Å²) >= 11 is 0. The first kappa shape index (κ1) is 13.2. The van der Waals surface area contributed by atoms with E-state index in [1.165, 1.54) is 19.2 Å².